The van der Waals surface area contributed by atoms with Gasteiger partial charge >= 0.3 is 18.1 Å². The third-order valence-electron chi connectivity index (χ3n) is 9.37. The Morgan fingerprint density at radius 1 is 1.02 bits per heavy atom. The van der Waals surface area contributed by atoms with Crippen LogP contribution in [0.1, 0.15) is 52.8 Å². The zero-order chi connectivity index (χ0) is 35.8. The molecule has 2 aliphatic heterocycles. The summed E-state index contributed by atoms with van der Waals surface area (Å²) in [6, 6.07) is 11.8. The van der Waals surface area contributed by atoms with Gasteiger partial charge in [0.25, 0.3) is 0 Å². The maximum absolute atomic E-state index is 15.0. The van der Waals surface area contributed by atoms with Crippen molar-refractivity contribution in [2.45, 2.75) is 51.4 Å². The van der Waals surface area contributed by atoms with Gasteiger partial charge in [0, 0.05) is 37.5 Å². The Hall–Kier alpha value is -5.18. The Labute approximate surface area is 286 Å². The van der Waals surface area contributed by atoms with Gasteiger partial charge in [-0.1, -0.05) is 18.2 Å². The van der Waals surface area contributed by atoms with Gasteiger partial charge in [-0.25, -0.2) is 14.5 Å². The topological polar surface area (TPSA) is 141 Å². The second-order valence-corrected chi connectivity index (χ2v) is 12.7. The molecule has 4 aromatic rings. The maximum atomic E-state index is 15.0. The van der Waals surface area contributed by atoms with Crippen molar-refractivity contribution in [3.05, 3.63) is 77.4 Å². The summed E-state index contributed by atoms with van der Waals surface area (Å²) >= 11 is 0. The van der Waals surface area contributed by atoms with Gasteiger partial charge in [-0.3, -0.25) is 4.79 Å². The summed E-state index contributed by atoms with van der Waals surface area (Å²) in [7, 11) is 2.66. The predicted molar refractivity (Wildman–Crippen MR) is 176 cm³/mol. The third kappa shape index (κ3) is 7.08. The number of aromatic nitrogens is 4. The molecule has 15 heteroatoms. The minimum atomic E-state index is -4.85. The van der Waals surface area contributed by atoms with E-state index in [2.05, 4.69) is 20.4 Å². The number of piperidine rings is 1. The molecule has 0 bridgehead atoms. The molecule has 12 nitrogen and oxygen atoms in total. The van der Waals surface area contributed by atoms with Crippen LogP contribution in [-0.2, 0) is 9.53 Å². The SMILES string of the molecule is COC(=O)c1ccc(-c2ccc(C(Oc3cc(N4CCC5(CC4)CN[C@H](C(=O)O)C5)nc(C)n3)C(F)(F)F)c(-n3ccc(C)n3)c2)cc1OC. The molecule has 2 aromatic heterocycles. The van der Waals surface area contributed by atoms with Gasteiger partial charge in [-0.15, -0.1) is 0 Å². The van der Waals surface area contributed by atoms with Crippen molar-refractivity contribution in [1.82, 2.24) is 25.1 Å². The normalized spacial score (nSPS) is 17.8. The van der Waals surface area contributed by atoms with Gasteiger partial charge in [-0.2, -0.15) is 23.3 Å². The number of aryl methyl sites for hydroxylation is 2. The molecule has 0 aliphatic carbocycles. The Kier molecular flexibility index (Phi) is 9.44. The van der Waals surface area contributed by atoms with Gasteiger partial charge in [0.05, 0.1) is 25.6 Å². The predicted octanol–water partition coefficient (Wildman–Crippen LogP) is 5.46. The van der Waals surface area contributed by atoms with Gasteiger partial charge in [-0.05, 0) is 73.9 Å². The zero-order valence-corrected chi connectivity index (χ0v) is 28.0. The number of anilines is 1. The average molecular weight is 695 g/mol. The maximum Gasteiger partial charge on any atom is 0.429 e. The number of hydrogen-bond acceptors (Lipinski definition) is 10. The number of alkyl halides is 3. The molecular weight excluding hydrogens is 657 g/mol. The first-order valence-electron chi connectivity index (χ1n) is 16.0. The molecule has 2 aromatic carbocycles. The van der Waals surface area contributed by atoms with Gasteiger partial charge < -0.3 is 29.5 Å². The fourth-order valence-electron chi connectivity index (χ4n) is 6.70. The van der Waals surface area contributed by atoms with E-state index in [1.165, 1.54) is 43.2 Å². The van der Waals surface area contributed by atoms with E-state index in [1.807, 2.05) is 4.90 Å². The molecule has 2 aliphatic rings. The highest BCUT2D eigenvalue weighted by molar-refractivity contribution is 5.93. The standard InChI is InChI=1S/C35H37F3N6O6/c1-20-9-12-44(42-20)27-15-22(23-6-8-25(33(47)49-4)28(16-23)48-3)5-7-24(27)31(35(36,37)38)50-30-17-29(40-21(2)41-30)43-13-10-34(11-14-43)18-26(32(45)46)39-19-34/h5-9,12,15-17,26,31,39H,10-11,13-14,18-19H2,1-4H3,(H,45,46)/t26-,31?/m0/s1. The van der Waals surface area contributed by atoms with Crippen molar-refractivity contribution in [3.8, 4) is 28.4 Å². The van der Waals surface area contributed by atoms with E-state index >= 15 is 0 Å². The number of carboxylic acids is 1. The van der Waals surface area contributed by atoms with Crippen LogP contribution in [0.4, 0.5) is 19.0 Å². The number of carboxylic acid groups (broad SMARTS) is 1. The van der Waals surface area contributed by atoms with Crippen LogP contribution in [-0.4, -0.2) is 82.9 Å². The fraction of sp³-hybridized carbons (Fsp3) is 0.400. The van der Waals surface area contributed by atoms with E-state index in [9.17, 15) is 27.9 Å². The number of benzene rings is 2. The van der Waals surface area contributed by atoms with E-state index < -0.39 is 30.3 Å². The molecule has 50 heavy (non-hydrogen) atoms. The lowest BCUT2D eigenvalue weighted by Crippen LogP contribution is -2.41. The first-order chi connectivity index (χ1) is 23.8. The van der Waals surface area contributed by atoms with E-state index in [4.69, 9.17) is 14.2 Å². The average Bonchev–Trinajstić information content (AvgIpc) is 3.72. The molecule has 4 heterocycles. The summed E-state index contributed by atoms with van der Waals surface area (Å²) in [6.07, 6.45) is -3.74. The second-order valence-electron chi connectivity index (χ2n) is 12.7. The van der Waals surface area contributed by atoms with E-state index in [0.717, 1.165) is 0 Å². The van der Waals surface area contributed by atoms with Crippen LogP contribution in [0, 0.1) is 19.3 Å². The van der Waals surface area contributed by atoms with Gasteiger partial charge in [0.2, 0.25) is 12.0 Å². The largest absolute Gasteiger partial charge is 0.496 e. The lowest BCUT2D eigenvalue weighted by atomic mass is 9.76. The molecular formula is C35H37F3N6O6. The second kappa shape index (κ2) is 13.6. The summed E-state index contributed by atoms with van der Waals surface area (Å²) < 4.78 is 62.2. The first kappa shape index (κ1) is 34.7. The van der Waals surface area contributed by atoms with Crippen molar-refractivity contribution in [2.24, 2.45) is 5.41 Å². The molecule has 264 valence electrons. The minimum Gasteiger partial charge on any atom is -0.496 e. The van der Waals surface area contributed by atoms with Crippen molar-refractivity contribution < 1.29 is 42.1 Å². The lowest BCUT2D eigenvalue weighted by molar-refractivity contribution is -0.198. The number of nitrogens with one attached hydrogen (secondary N) is 1. The Bertz CT molecular complexity index is 1910. The molecule has 0 amide bonds. The molecule has 1 unspecified atom stereocenters. The third-order valence-corrected chi connectivity index (χ3v) is 9.37. The summed E-state index contributed by atoms with van der Waals surface area (Å²) in [5.74, 6) is -0.768. The van der Waals surface area contributed by atoms with Crippen LogP contribution in [0.3, 0.4) is 0 Å². The van der Waals surface area contributed by atoms with Crippen molar-refractivity contribution in [3.63, 3.8) is 0 Å². The molecule has 0 radical (unpaired) electrons. The van der Waals surface area contributed by atoms with E-state index in [0.29, 0.717) is 61.5 Å². The smallest absolute Gasteiger partial charge is 0.429 e. The summed E-state index contributed by atoms with van der Waals surface area (Å²) in [6.45, 7) is 5.04. The van der Waals surface area contributed by atoms with Crippen LogP contribution >= 0.6 is 0 Å². The highest BCUT2D eigenvalue weighted by Gasteiger charge is 2.46. The number of esters is 1. The van der Waals surface area contributed by atoms with Crippen molar-refractivity contribution >= 4 is 17.8 Å². The highest BCUT2D eigenvalue weighted by Crippen LogP contribution is 2.43. The Morgan fingerprint density at radius 3 is 2.36 bits per heavy atom. The number of hydrogen-bond donors (Lipinski definition) is 2. The Morgan fingerprint density at radius 2 is 1.74 bits per heavy atom. The number of nitrogens with zero attached hydrogens (tertiary/aromatic N) is 5. The van der Waals surface area contributed by atoms with Crippen LogP contribution in [0.15, 0.2) is 54.7 Å². The van der Waals surface area contributed by atoms with E-state index in [-0.39, 0.29) is 39.7 Å². The molecule has 2 atom stereocenters. The number of carbonyl (C=O) groups is 2. The number of ether oxygens (including phenoxy) is 3. The van der Waals surface area contributed by atoms with Crippen LogP contribution in [0.5, 0.6) is 11.6 Å². The zero-order valence-electron chi connectivity index (χ0n) is 28.0. The van der Waals surface area contributed by atoms with Gasteiger partial charge in [0.15, 0.2) is 0 Å². The number of carbonyl (C=O) groups excluding carboxylic acids is 1. The number of halogens is 3. The molecule has 0 saturated carbocycles. The molecule has 2 N–H and O–H groups in total. The quantitative estimate of drug-likeness (QED) is 0.216. The molecule has 1 spiro atoms. The molecule has 6 rings (SSSR count). The number of aliphatic carboxylic acids is 1. The Balaban J connectivity index is 1.32. The van der Waals surface area contributed by atoms with E-state index in [1.54, 1.807) is 44.3 Å². The van der Waals surface area contributed by atoms with Gasteiger partial charge in [0.1, 0.15) is 29.0 Å². The highest BCUT2D eigenvalue weighted by atomic mass is 19.4. The first-order valence-corrected chi connectivity index (χ1v) is 16.0. The van der Waals surface area contributed by atoms with Crippen LogP contribution in [0.2, 0.25) is 0 Å². The lowest BCUT2D eigenvalue weighted by Gasteiger charge is -2.39. The summed E-state index contributed by atoms with van der Waals surface area (Å²) in [5, 5.41) is 16.9. The number of methoxy groups -OCH3 is 2. The summed E-state index contributed by atoms with van der Waals surface area (Å²) in [5.41, 5.74) is 1.72. The van der Waals surface area contributed by atoms with Crippen molar-refractivity contribution in [2.75, 3.05) is 38.8 Å². The molecule has 2 saturated heterocycles. The minimum absolute atomic E-state index is 0.131. The van der Waals surface area contributed by atoms with Crippen LogP contribution < -0.4 is 19.7 Å². The van der Waals surface area contributed by atoms with Crippen molar-refractivity contribution in [1.29, 1.82) is 0 Å². The monoisotopic (exact) mass is 694 g/mol. The number of rotatable bonds is 9. The fourth-order valence-corrected chi connectivity index (χ4v) is 6.70. The summed E-state index contributed by atoms with van der Waals surface area (Å²) in [4.78, 5) is 34.4. The van der Waals surface area contributed by atoms with Crippen LogP contribution in [0.25, 0.3) is 16.8 Å². The molecule has 2 fully saturated rings.